The van der Waals surface area contributed by atoms with Crippen LogP contribution in [0.25, 0.3) is 0 Å². The van der Waals surface area contributed by atoms with E-state index in [0.717, 1.165) is 31.9 Å². The Balaban J connectivity index is 2.10. The summed E-state index contributed by atoms with van der Waals surface area (Å²) in [5.41, 5.74) is -0.511. The van der Waals surface area contributed by atoms with Crippen molar-refractivity contribution in [1.29, 1.82) is 0 Å². The Kier molecular flexibility index (Phi) is 4.69. The zero-order valence-electron chi connectivity index (χ0n) is 11.8. The van der Waals surface area contributed by atoms with Crippen molar-refractivity contribution in [2.24, 2.45) is 0 Å². The lowest BCUT2D eigenvalue weighted by atomic mass is 10.2. The Morgan fingerprint density at radius 1 is 1.57 bits per heavy atom. The second-order valence-electron chi connectivity index (χ2n) is 5.21. The van der Waals surface area contributed by atoms with Gasteiger partial charge in [-0.15, -0.1) is 0 Å². The number of nitrogens with one attached hydrogen (secondary N) is 1. The first-order valence-electron chi connectivity index (χ1n) is 6.84. The molecule has 1 atom stereocenters. The minimum absolute atomic E-state index is 0.00940. The third-order valence-electron chi connectivity index (χ3n) is 3.43. The number of hydrogen-bond acceptors (Lipinski definition) is 6. The maximum Gasteiger partial charge on any atom is 0.339 e. The SMILES string of the molecule is CC(CN1CCCC1)Nc1ncc([N+](=O)[O-])cc1C(=O)O. The Morgan fingerprint density at radius 3 is 2.81 bits per heavy atom. The lowest BCUT2D eigenvalue weighted by molar-refractivity contribution is -0.385. The van der Waals surface area contributed by atoms with Gasteiger partial charge in [-0.05, 0) is 32.9 Å². The second-order valence-corrected chi connectivity index (χ2v) is 5.21. The smallest absolute Gasteiger partial charge is 0.339 e. The standard InChI is InChI=1S/C13H18N4O4/c1-9(8-16-4-2-3-5-16)15-12-11(13(18)19)6-10(7-14-12)17(20)21/h6-7,9H,2-5,8H2,1H3,(H,14,15)(H,18,19). The molecule has 8 nitrogen and oxygen atoms in total. The molecule has 1 saturated heterocycles. The maximum atomic E-state index is 11.2. The van der Waals surface area contributed by atoms with Crippen molar-refractivity contribution >= 4 is 17.5 Å². The normalized spacial score (nSPS) is 16.6. The van der Waals surface area contributed by atoms with Crippen molar-refractivity contribution in [1.82, 2.24) is 9.88 Å². The van der Waals surface area contributed by atoms with Crippen molar-refractivity contribution in [2.75, 3.05) is 25.0 Å². The Labute approximate surface area is 121 Å². The quantitative estimate of drug-likeness (QED) is 0.605. The van der Waals surface area contributed by atoms with Gasteiger partial charge in [0.1, 0.15) is 17.6 Å². The molecule has 2 heterocycles. The van der Waals surface area contributed by atoms with Gasteiger partial charge in [-0.2, -0.15) is 0 Å². The van der Waals surface area contributed by atoms with Crippen molar-refractivity contribution < 1.29 is 14.8 Å². The fourth-order valence-corrected chi connectivity index (χ4v) is 2.46. The molecule has 0 amide bonds. The van der Waals surface area contributed by atoms with E-state index in [2.05, 4.69) is 15.2 Å². The first-order chi connectivity index (χ1) is 9.97. The van der Waals surface area contributed by atoms with Gasteiger partial charge in [0, 0.05) is 18.7 Å². The lowest BCUT2D eigenvalue weighted by Crippen LogP contribution is -2.33. The minimum Gasteiger partial charge on any atom is -0.478 e. The highest BCUT2D eigenvalue weighted by Crippen LogP contribution is 2.20. The van der Waals surface area contributed by atoms with E-state index in [-0.39, 0.29) is 23.1 Å². The monoisotopic (exact) mass is 294 g/mol. The summed E-state index contributed by atoms with van der Waals surface area (Å²) in [6, 6.07) is 1.04. The van der Waals surface area contributed by atoms with Crippen LogP contribution in [0.3, 0.4) is 0 Å². The third-order valence-corrected chi connectivity index (χ3v) is 3.43. The molecule has 21 heavy (non-hydrogen) atoms. The molecule has 0 spiro atoms. The molecule has 0 bridgehead atoms. The fourth-order valence-electron chi connectivity index (χ4n) is 2.46. The summed E-state index contributed by atoms with van der Waals surface area (Å²) >= 11 is 0. The van der Waals surface area contributed by atoms with Gasteiger partial charge in [0.2, 0.25) is 0 Å². The number of rotatable bonds is 6. The van der Waals surface area contributed by atoms with Crippen molar-refractivity contribution in [3.05, 3.63) is 27.9 Å². The number of likely N-dealkylation sites (tertiary alicyclic amines) is 1. The van der Waals surface area contributed by atoms with Crippen LogP contribution in [-0.4, -0.2) is 51.6 Å². The summed E-state index contributed by atoms with van der Waals surface area (Å²) in [4.78, 5) is 27.4. The predicted molar refractivity (Wildman–Crippen MR) is 76.6 cm³/mol. The minimum atomic E-state index is -1.23. The van der Waals surface area contributed by atoms with Crippen LogP contribution in [0.5, 0.6) is 0 Å². The van der Waals surface area contributed by atoms with E-state index in [1.807, 2.05) is 6.92 Å². The highest BCUT2D eigenvalue weighted by atomic mass is 16.6. The van der Waals surface area contributed by atoms with Crippen LogP contribution in [0, 0.1) is 10.1 Å². The summed E-state index contributed by atoms with van der Waals surface area (Å²) in [6.45, 7) is 4.82. The molecule has 2 N–H and O–H groups in total. The van der Waals surface area contributed by atoms with E-state index in [0.29, 0.717) is 0 Å². The highest BCUT2D eigenvalue weighted by Gasteiger charge is 2.20. The Hall–Kier alpha value is -2.22. The van der Waals surface area contributed by atoms with Gasteiger partial charge >= 0.3 is 5.97 Å². The number of carboxylic acids is 1. The Morgan fingerprint density at radius 2 is 2.24 bits per heavy atom. The molecule has 1 aromatic heterocycles. The second kappa shape index (κ2) is 6.49. The van der Waals surface area contributed by atoms with Crippen molar-refractivity contribution in [2.45, 2.75) is 25.8 Å². The summed E-state index contributed by atoms with van der Waals surface area (Å²) < 4.78 is 0. The largest absolute Gasteiger partial charge is 0.478 e. The van der Waals surface area contributed by atoms with E-state index >= 15 is 0 Å². The van der Waals surface area contributed by atoms with Crippen LogP contribution in [0.15, 0.2) is 12.3 Å². The summed E-state index contributed by atoms with van der Waals surface area (Å²) in [5, 5.41) is 22.9. The zero-order chi connectivity index (χ0) is 15.4. The van der Waals surface area contributed by atoms with Crippen molar-refractivity contribution in [3.63, 3.8) is 0 Å². The zero-order valence-corrected chi connectivity index (χ0v) is 11.8. The molecule has 1 aromatic rings. The topological polar surface area (TPSA) is 109 Å². The van der Waals surface area contributed by atoms with E-state index in [1.165, 1.54) is 12.8 Å². The molecule has 0 aromatic carbocycles. The van der Waals surface area contributed by atoms with E-state index in [9.17, 15) is 14.9 Å². The maximum absolute atomic E-state index is 11.2. The molecule has 0 aliphatic carbocycles. The van der Waals surface area contributed by atoms with E-state index < -0.39 is 10.9 Å². The highest BCUT2D eigenvalue weighted by molar-refractivity contribution is 5.93. The van der Waals surface area contributed by atoms with Crippen LogP contribution in [0.1, 0.15) is 30.1 Å². The van der Waals surface area contributed by atoms with Gasteiger partial charge in [0.25, 0.3) is 5.69 Å². The van der Waals surface area contributed by atoms with Crippen LogP contribution >= 0.6 is 0 Å². The average molecular weight is 294 g/mol. The third kappa shape index (κ3) is 3.88. The molecule has 2 rings (SSSR count). The number of nitro groups is 1. The van der Waals surface area contributed by atoms with Gasteiger partial charge in [-0.3, -0.25) is 10.1 Å². The predicted octanol–water partition coefficient (Wildman–Crippen LogP) is 1.58. The van der Waals surface area contributed by atoms with Crippen molar-refractivity contribution in [3.8, 4) is 0 Å². The molecule has 1 fully saturated rings. The fraction of sp³-hybridized carbons (Fsp3) is 0.538. The number of aromatic carboxylic acids is 1. The van der Waals surface area contributed by atoms with Crippen LogP contribution in [0.2, 0.25) is 0 Å². The number of carbonyl (C=O) groups is 1. The molecule has 1 unspecified atom stereocenters. The van der Waals surface area contributed by atoms with Gasteiger partial charge in [-0.1, -0.05) is 0 Å². The lowest BCUT2D eigenvalue weighted by Gasteiger charge is -2.22. The number of hydrogen-bond donors (Lipinski definition) is 2. The first kappa shape index (κ1) is 15.2. The van der Waals surface area contributed by atoms with Gasteiger partial charge in [-0.25, -0.2) is 9.78 Å². The molecule has 114 valence electrons. The summed E-state index contributed by atoms with van der Waals surface area (Å²) in [6.07, 6.45) is 3.43. The molecule has 0 saturated carbocycles. The molecule has 0 radical (unpaired) electrons. The van der Waals surface area contributed by atoms with Gasteiger partial charge < -0.3 is 15.3 Å². The number of anilines is 1. The summed E-state index contributed by atoms with van der Waals surface area (Å²) in [5.74, 6) is -1.07. The van der Waals surface area contributed by atoms with Crippen LogP contribution < -0.4 is 5.32 Å². The molecular weight excluding hydrogens is 276 g/mol. The van der Waals surface area contributed by atoms with Gasteiger partial charge in [0.05, 0.1) is 4.92 Å². The van der Waals surface area contributed by atoms with Crippen LogP contribution in [0.4, 0.5) is 11.5 Å². The molecule has 1 aliphatic heterocycles. The number of pyridine rings is 1. The molecule has 1 aliphatic rings. The first-order valence-corrected chi connectivity index (χ1v) is 6.84. The number of carboxylic acid groups (broad SMARTS) is 1. The number of nitrogens with zero attached hydrogens (tertiary/aromatic N) is 3. The van der Waals surface area contributed by atoms with E-state index in [1.54, 1.807) is 0 Å². The van der Waals surface area contributed by atoms with E-state index in [4.69, 9.17) is 5.11 Å². The Bertz CT molecular complexity index is 543. The molecule has 8 heteroatoms. The van der Waals surface area contributed by atoms with Gasteiger partial charge in [0.15, 0.2) is 0 Å². The number of aromatic nitrogens is 1. The average Bonchev–Trinajstić information content (AvgIpc) is 2.91. The van der Waals surface area contributed by atoms with Crippen LogP contribution in [-0.2, 0) is 0 Å². The summed E-state index contributed by atoms with van der Waals surface area (Å²) in [7, 11) is 0. The molecular formula is C13H18N4O4.